The molecule has 4 aromatic heterocycles. The zero-order valence-electron chi connectivity index (χ0n) is 19.2. The molecule has 36 heavy (non-hydrogen) atoms. The van der Waals surface area contributed by atoms with Crippen LogP contribution < -0.4 is 0 Å². The molecule has 0 saturated carbocycles. The molecule has 0 amide bonds. The average Bonchev–Trinajstić information content (AvgIpc) is 3.50. The molecule has 177 valence electrons. The molecule has 0 aliphatic carbocycles. The van der Waals surface area contributed by atoms with Gasteiger partial charge in [0.25, 0.3) is 0 Å². The van der Waals surface area contributed by atoms with Crippen molar-refractivity contribution >= 4 is 43.5 Å². The van der Waals surface area contributed by atoms with Crippen molar-refractivity contribution < 1.29 is 24.5 Å². The fourth-order valence-corrected chi connectivity index (χ4v) is 4.90. The van der Waals surface area contributed by atoms with Crippen molar-refractivity contribution in [2.45, 2.75) is 6.92 Å². The third-order valence-electron chi connectivity index (χ3n) is 5.64. The summed E-state index contributed by atoms with van der Waals surface area (Å²) in [4.78, 5) is 13.3. The number of pyridine rings is 2. The van der Waals surface area contributed by atoms with Crippen molar-refractivity contribution in [1.29, 1.82) is 0 Å². The number of furan rings is 1. The molecule has 0 bridgehead atoms. The summed E-state index contributed by atoms with van der Waals surface area (Å²) in [6, 6.07) is 34.1. The summed E-state index contributed by atoms with van der Waals surface area (Å²) in [5.41, 5.74) is 6.37. The van der Waals surface area contributed by atoms with Gasteiger partial charge >= 0.3 is 0 Å². The first-order valence-electron chi connectivity index (χ1n) is 11.2. The molecule has 0 saturated heterocycles. The van der Waals surface area contributed by atoms with E-state index < -0.39 is 0 Å². The SMILES string of the molecule is Cc1nc2c(ccc3c4cc[c-]c(-c5ccccn5)c4oc32)s1.[Ir].[c-]1ccccc1-c1ccccn1. The van der Waals surface area contributed by atoms with Crippen molar-refractivity contribution in [3.05, 3.63) is 114 Å². The van der Waals surface area contributed by atoms with Crippen LogP contribution in [0.3, 0.4) is 0 Å². The molecule has 4 heterocycles. The number of hydrogen-bond acceptors (Lipinski definition) is 5. The Hall–Kier alpha value is -3.70. The Kier molecular flexibility index (Phi) is 7.01. The van der Waals surface area contributed by atoms with Crippen LogP contribution in [0.1, 0.15) is 5.01 Å². The Morgan fingerprint density at radius 2 is 1.47 bits per heavy atom. The van der Waals surface area contributed by atoms with Crippen molar-refractivity contribution in [3.63, 3.8) is 0 Å². The molecular weight excluding hydrogens is 643 g/mol. The maximum absolute atomic E-state index is 6.24. The standard InChI is InChI=1S/C19H11N2OS.C11H8N.Ir/c1-11-21-17-16(23-11)9-8-13-12-5-4-6-14(18(12)22-19(13)17)15-7-2-3-10-20-15;1-2-6-10(7-3-1)11-8-4-5-9-12-11;/h2-5,7-10H,1H3;1-6,8-9H;/q2*-1;. The summed E-state index contributed by atoms with van der Waals surface area (Å²) in [5.74, 6) is 0. The van der Waals surface area contributed by atoms with Gasteiger partial charge in [0.2, 0.25) is 0 Å². The van der Waals surface area contributed by atoms with Gasteiger partial charge in [-0.05, 0) is 36.5 Å². The molecular formula is C30H19IrN3OS-2. The van der Waals surface area contributed by atoms with Crippen LogP contribution in [0.2, 0.25) is 0 Å². The van der Waals surface area contributed by atoms with Crippen LogP contribution in [0.4, 0.5) is 0 Å². The van der Waals surface area contributed by atoms with E-state index in [0.717, 1.165) is 59.7 Å². The van der Waals surface area contributed by atoms with E-state index in [1.54, 1.807) is 23.7 Å². The van der Waals surface area contributed by atoms with E-state index >= 15 is 0 Å². The largest absolute Gasteiger partial charge is 0.498 e. The van der Waals surface area contributed by atoms with Crippen LogP contribution in [-0.2, 0) is 20.1 Å². The van der Waals surface area contributed by atoms with Crippen LogP contribution in [0.25, 0.3) is 54.7 Å². The van der Waals surface area contributed by atoms with Gasteiger partial charge in [0.1, 0.15) is 11.1 Å². The van der Waals surface area contributed by atoms with Gasteiger partial charge in [0.05, 0.1) is 15.3 Å². The van der Waals surface area contributed by atoms with Crippen molar-refractivity contribution in [2.75, 3.05) is 0 Å². The molecule has 1 radical (unpaired) electrons. The maximum atomic E-state index is 6.24. The zero-order valence-corrected chi connectivity index (χ0v) is 22.4. The van der Waals surface area contributed by atoms with E-state index in [2.05, 4.69) is 39.2 Å². The second kappa shape index (κ2) is 10.5. The van der Waals surface area contributed by atoms with E-state index in [0.29, 0.717) is 0 Å². The molecule has 4 nitrogen and oxygen atoms in total. The summed E-state index contributed by atoms with van der Waals surface area (Å²) in [5, 5.41) is 3.21. The molecule has 0 spiro atoms. The quantitative estimate of drug-likeness (QED) is 0.177. The van der Waals surface area contributed by atoms with Crippen LogP contribution in [0.5, 0.6) is 0 Å². The van der Waals surface area contributed by atoms with Gasteiger partial charge in [0.15, 0.2) is 0 Å². The normalized spacial score (nSPS) is 10.7. The monoisotopic (exact) mass is 662 g/mol. The minimum Gasteiger partial charge on any atom is -0.498 e. The van der Waals surface area contributed by atoms with E-state index in [-0.39, 0.29) is 20.1 Å². The average molecular weight is 662 g/mol. The Morgan fingerprint density at radius 3 is 2.19 bits per heavy atom. The topological polar surface area (TPSA) is 51.8 Å². The Balaban J connectivity index is 0.000000175. The first-order valence-corrected chi connectivity index (χ1v) is 12.0. The number of nitrogens with zero attached hydrogens (tertiary/aromatic N) is 3. The van der Waals surface area contributed by atoms with Crippen LogP contribution in [0, 0.1) is 19.1 Å². The van der Waals surface area contributed by atoms with Crippen molar-refractivity contribution in [2.24, 2.45) is 0 Å². The van der Waals surface area contributed by atoms with Crippen LogP contribution in [-0.4, -0.2) is 15.0 Å². The smallest absolute Gasteiger partial charge is 0.148 e. The minimum atomic E-state index is 0. The van der Waals surface area contributed by atoms with Crippen LogP contribution >= 0.6 is 11.3 Å². The van der Waals surface area contributed by atoms with Gasteiger partial charge < -0.3 is 14.4 Å². The molecule has 7 aromatic rings. The van der Waals surface area contributed by atoms with Gasteiger partial charge in [-0.3, -0.25) is 0 Å². The first kappa shape index (κ1) is 24.0. The Bertz CT molecular complexity index is 1710. The first-order chi connectivity index (χ1) is 17.3. The Labute approximate surface area is 226 Å². The number of fused-ring (bicyclic) bond motifs is 5. The van der Waals surface area contributed by atoms with Crippen molar-refractivity contribution in [1.82, 2.24) is 15.0 Å². The van der Waals surface area contributed by atoms with Crippen molar-refractivity contribution in [3.8, 4) is 22.5 Å². The molecule has 6 heteroatoms. The molecule has 7 rings (SSSR count). The van der Waals surface area contributed by atoms with Gasteiger partial charge in [-0.1, -0.05) is 41.3 Å². The van der Waals surface area contributed by atoms with Gasteiger partial charge in [-0.2, -0.15) is 0 Å². The summed E-state index contributed by atoms with van der Waals surface area (Å²) >= 11 is 1.69. The molecule has 0 aliphatic heterocycles. The van der Waals surface area contributed by atoms with Gasteiger partial charge in [-0.15, -0.1) is 65.4 Å². The molecule has 0 aliphatic rings. The van der Waals surface area contributed by atoms with E-state index in [1.165, 1.54) is 0 Å². The third kappa shape index (κ3) is 4.59. The predicted molar refractivity (Wildman–Crippen MR) is 142 cm³/mol. The third-order valence-corrected chi connectivity index (χ3v) is 6.57. The fraction of sp³-hybridized carbons (Fsp3) is 0.0333. The number of rotatable bonds is 2. The minimum absolute atomic E-state index is 0. The summed E-state index contributed by atoms with van der Waals surface area (Å²) in [6.45, 7) is 2.02. The number of aromatic nitrogens is 3. The number of benzene rings is 3. The summed E-state index contributed by atoms with van der Waals surface area (Å²) in [7, 11) is 0. The number of hydrogen-bond donors (Lipinski definition) is 0. The molecule has 0 fully saturated rings. The number of thiazole rings is 1. The molecule has 0 unspecified atom stereocenters. The second-order valence-electron chi connectivity index (χ2n) is 7.93. The summed E-state index contributed by atoms with van der Waals surface area (Å²) in [6.07, 6.45) is 3.57. The van der Waals surface area contributed by atoms with Crippen LogP contribution in [0.15, 0.2) is 102 Å². The zero-order chi connectivity index (χ0) is 23.6. The van der Waals surface area contributed by atoms with Gasteiger partial charge in [-0.25, -0.2) is 4.98 Å². The fourth-order valence-electron chi connectivity index (χ4n) is 4.08. The van der Waals surface area contributed by atoms with E-state index in [9.17, 15) is 0 Å². The second-order valence-corrected chi connectivity index (χ2v) is 9.16. The van der Waals surface area contributed by atoms with Gasteiger partial charge in [0, 0.05) is 37.9 Å². The molecule has 3 aromatic carbocycles. The Morgan fingerprint density at radius 1 is 0.722 bits per heavy atom. The molecule has 0 N–H and O–H groups in total. The predicted octanol–water partition coefficient (Wildman–Crippen LogP) is 7.91. The summed E-state index contributed by atoms with van der Waals surface area (Å²) < 4.78 is 7.39. The number of aryl methyl sites for hydroxylation is 1. The van der Waals surface area contributed by atoms with E-state index in [4.69, 9.17) is 4.42 Å². The van der Waals surface area contributed by atoms with E-state index in [1.807, 2.05) is 79.7 Å². The molecule has 0 atom stereocenters. The maximum Gasteiger partial charge on any atom is 0.148 e.